The maximum Gasteiger partial charge on any atom is 0.342 e. The summed E-state index contributed by atoms with van der Waals surface area (Å²) < 4.78 is 63.3. The fourth-order valence-electron chi connectivity index (χ4n) is 3.91. The van der Waals surface area contributed by atoms with Gasteiger partial charge in [-0.15, -0.1) is 0 Å². The smallest absolute Gasteiger partial charge is 0.342 e. The molecule has 0 atom stereocenters. The summed E-state index contributed by atoms with van der Waals surface area (Å²) in [6.07, 6.45) is 1.05. The number of aromatic nitrogens is 4. The van der Waals surface area contributed by atoms with Crippen LogP contribution < -0.4 is 0 Å². The van der Waals surface area contributed by atoms with Crippen molar-refractivity contribution in [3.8, 4) is 39.7 Å². The molecule has 0 saturated carbocycles. The summed E-state index contributed by atoms with van der Waals surface area (Å²) in [6.45, 7) is 1.52. The third-order valence-corrected chi connectivity index (χ3v) is 5.67. The summed E-state index contributed by atoms with van der Waals surface area (Å²) in [4.78, 5) is 21.8. The zero-order valence-electron chi connectivity index (χ0n) is 19.8. The van der Waals surface area contributed by atoms with Gasteiger partial charge in [-0.3, -0.25) is 0 Å². The van der Waals surface area contributed by atoms with Crippen LogP contribution in [-0.2, 0) is 4.74 Å². The van der Waals surface area contributed by atoms with E-state index < -0.39 is 40.5 Å². The van der Waals surface area contributed by atoms with E-state index >= 15 is 4.39 Å². The molecule has 0 N–H and O–H groups in total. The van der Waals surface area contributed by atoms with Gasteiger partial charge in [0.25, 0.3) is 5.95 Å². The highest BCUT2D eigenvalue weighted by atomic mass is 19.2. The molecule has 3 aromatic carbocycles. The van der Waals surface area contributed by atoms with Crippen LogP contribution in [-0.4, -0.2) is 32.3 Å². The number of benzene rings is 3. The van der Waals surface area contributed by atoms with Gasteiger partial charge in [-0.2, -0.15) is 9.78 Å². The molecular formula is C28H18F4N4O2. The van der Waals surface area contributed by atoms with E-state index in [2.05, 4.69) is 15.1 Å². The highest BCUT2D eigenvalue weighted by molar-refractivity contribution is 5.96. The van der Waals surface area contributed by atoms with Gasteiger partial charge in [0.15, 0.2) is 23.3 Å². The number of hydrogen-bond acceptors (Lipinski definition) is 5. The lowest BCUT2D eigenvalue weighted by Crippen LogP contribution is -2.11. The summed E-state index contributed by atoms with van der Waals surface area (Å²) in [5.41, 5.74) is 0.900. The first-order valence-corrected chi connectivity index (χ1v) is 11.5. The van der Waals surface area contributed by atoms with Crippen LogP contribution in [0.2, 0.25) is 0 Å². The zero-order valence-corrected chi connectivity index (χ0v) is 19.8. The molecule has 0 bridgehead atoms. The molecule has 0 radical (unpaired) electrons. The third kappa shape index (κ3) is 4.52. The van der Waals surface area contributed by atoms with Gasteiger partial charge in [0.05, 0.1) is 29.9 Å². The van der Waals surface area contributed by atoms with E-state index in [9.17, 15) is 18.0 Å². The highest BCUT2D eigenvalue weighted by Gasteiger charge is 2.29. The number of carbonyl (C=O) groups is 1. The number of nitrogens with zero attached hydrogens (tertiary/aromatic N) is 4. The van der Waals surface area contributed by atoms with E-state index in [1.165, 1.54) is 0 Å². The predicted octanol–water partition coefficient (Wildman–Crippen LogP) is 6.40. The predicted molar refractivity (Wildman–Crippen MR) is 131 cm³/mol. The minimum Gasteiger partial charge on any atom is -0.462 e. The fraction of sp³-hybridized carbons (Fsp3) is 0.0714. The Kier molecular flexibility index (Phi) is 6.69. The van der Waals surface area contributed by atoms with Gasteiger partial charge in [-0.25, -0.2) is 32.3 Å². The quantitative estimate of drug-likeness (QED) is 0.113. The number of halogens is 4. The average molecular weight is 518 g/mol. The number of hydrogen-bond donors (Lipinski definition) is 0. The standard InChI is InChI=1S/C28H18F4N4O2/c1-2-38-27(37)19-15-33-36(26(19)18-13-20(29)24(31)25(32)23(18)30)28-34-21(16-9-5-3-6-10-16)14-22(35-28)17-11-7-4-8-12-17/h3-15H,2H2,1H3. The van der Waals surface area contributed by atoms with Gasteiger partial charge in [0, 0.05) is 16.7 Å². The van der Waals surface area contributed by atoms with Crippen LogP contribution in [0.1, 0.15) is 17.3 Å². The van der Waals surface area contributed by atoms with Crippen molar-refractivity contribution in [2.75, 3.05) is 6.61 Å². The molecule has 2 heterocycles. The molecule has 190 valence electrons. The Morgan fingerprint density at radius 1 is 0.816 bits per heavy atom. The molecule has 0 aliphatic rings. The molecule has 0 aliphatic carbocycles. The van der Waals surface area contributed by atoms with E-state index in [4.69, 9.17) is 4.74 Å². The normalized spacial score (nSPS) is 11.0. The lowest BCUT2D eigenvalue weighted by Gasteiger charge is -2.13. The molecule has 0 unspecified atom stereocenters. The average Bonchev–Trinajstić information content (AvgIpc) is 3.40. The molecule has 10 heteroatoms. The van der Waals surface area contributed by atoms with Crippen LogP contribution >= 0.6 is 0 Å². The summed E-state index contributed by atoms with van der Waals surface area (Å²) >= 11 is 0. The van der Waals surface area contributed by atoms with Crippen LogP contribution in [0.4, 0.5) is 17.6 Å². The van der Waals surface area contributed by atoms with Crippen LogP contribution in [0.25, 0.3) is 39.7 Å². The van der Waals surface area contributed by atoms with Crippen LogP contribution in [0.3, 0.4) is 0 Å². The summed E-state index contributed by atoms with van der Waals surface area (Å²) in [6, 6.07) is 20.4. The van der Waals surface area contributed by atoms with Crippen molar-refractivity contribution >= 4 is 5.97 Å². The first kappa shape index (κ1) is 24.8. The van der Waals surface area contributed by atoms with E-state index in [1.807, 2.05) is 60.7 Å². The minimum absolute atomic E-state index is 0.0315. The lowest BCUT2D eigenvalue weighted by atomic mass is 10.1. The SMILES string of the molecule is CCOC(=O)c1cnn(-c2nc(-c3ccccc3)cc(-c3ccccc3)n2)c1-c1cc(F)c(F)c(F)c1F. The summed E-state index contributed by atoms with van der Waals surface area (Å²) in [7, 11) is 0. The number of rotatable bonds is 6. The maximum atomic E-state index is 15.0. The molecule has 0 amide bonds. The molecule has 5 rings (SSSR count). The number of ether oxygens (including phenoxy) is 1. The maximum absolute atomic E-state index is 15.0. The molecule has 2 aromatic heterocycles. The van der Waals surface area contributed by atoms with E-state index in [-0.39, 0.29) is 18.1 Å². The second-order valence-electron chi connectivity index (χ2n) is 8.06. The lowest BCUT2D eigenvalue weighted by molar-refractivity contribution is 0.0527. The number of esters is 1. The van der Waals surface area contributed by atoms with Gasteiger partial charge in [-0.05, 0) is 19.1 Å². The van der Waals surface area contributed by atoms with Crippen LogP contribution in [0.15, 0.2) is 79.0 Å². The second kappa shape index (κ2) is 10.3. The Balaban J connectivity index is 1.81. The Hall–Kier alpha value is -4.86. The molecular weight excluding hydrogens is 500 g/mol. The molecule has 0 aliphatic heterocycles. The van der Waals surface area contributed by atoms with Crippen molar-refractivity contribution in [3.05, 3.63) is 108 Å². The molecule has 5 aromatic rings. The second-order valence-corrected chi connectivity index (χ2v) is 8.06. The topological polar surface area (TPSA) is 69.9 Å². The monoisotopic (exact) mass is 518 g/mol. The molecule has 0 fully saturated rings. The molecule has 38 heavy (non-hydrogen) atoms. The first-order chi connectivity index (χ1) is 18.4. The molecule has 0 saturated heterocycles. The van der Waals surface area contributed by atoms with Gasteiger partial charge >= 0.3 is 5.97 Å². The van der Waals surface area contributed by atoms with Gasteiger partial charge in [0.1, 0.15) is 5.56 Å². The van der Waals surface area contributed by atoms with Crippen molar-refractivity contribution in [1.29, 1.82) is 0 Å². The van der Waals surface area contributed by atoms with Crippen LogP contribution in [0, 0.1) is 23.3 Å². The van der Waals surface area contributed by atoms with Gasteiger partial charge < -0.3 is 4.74 Å². The molecule has 6 nitrogen and oxygen atoms in total. The summed E-state index contributed by atoms with van der Waals surface area (Å²) in [5.74, 6) is -8.43. The number of carbonyl (C=O) groups excluding carboxylic acids is 1. The third-order valence-electron chi connectivity index (χ3n) is 5.67. The van der Waals surface area contributed by atoms with E-state index in [0.717, 1.165) is 22.0 Å². The largest absolute Gasteiger partial charge is 0.462 e. The Bertz CT molecular complexity index is 1580. The Morgan fingerprint density at radius 2 is 1.39 bits per heavy atom. The first-order valence-electron chi connectivity index (χ1n) is 11.5. The Morgan fingerprint density at radius 3 is 1.95 bits per heavy atom. The van der Waals surface area contributed by atoms with E-state index in [1.54, 1.807) is 13.0 Å². The van der Waals surface area contributed by atoms with Crippen molar-refractivity contribution in [2.45, 2.75) is 6.92 Å². The van der Waals surface area contributed by atoms with Crippen LogP contribution in [0.5, 0.6) is 0 Å². The minimum atomic E-state index is -2.04. The van der Waals surface area contributed by atoms with Gasteiger partial charge in [-0.1, -0.05) is 60.7 Å². The fourth-order valence-corrected chi connectivity index (χ4v) is 3.91. The Labute approximate surface area is 214 Å². The highest BCUT2D eigenvalue weighted by Crippen LogP contribution is 2.33. The summed E-state index contributed by atoms with van der Waals surface area (Å²) in [5, 5.41) is 4.14. The van der Waals surface area contributed by atoms with Crippen molar-refractivity contribution < 1.29 is 27.1 Å². The van der Waals surface area contributed by atoms with Gasteiger partial charge in [0.2, 0.25) is 0 Å². The van der Waals surface area contributed by atoms with Crippen molar-refractivity contribution in [2.24, 2.45) is 0 Å². The van der Waals surface area contributed by atoms with E-state index in [0.29, 0.717) is 17.5 Å². The molecule has 0 spiro atoms. The van der Waals surface area contributed by atoms with Crippen molar-refractivity contribution in [3.63, 3.8) is 0 Å². The zero-order chi connectivity index (χ0) is 26.8. The van der Waals surface area contributed by atoms with Crippen molar-refractivity contribution in [1.82, 2.24) is 19.7 Å².